The summed E-state index contributed by atoms with van der Waals surface area (Å²) in [5, 5.41) is 4.33. The van der Waals surface area contributed by atoms with E-state index in [0.717, 1.165) is 5.56 Å². The van der Waals surface area contributed by atoms with E-state index >= 15 is 0 Å². The first kappa shape index (κ1) is 9.92. The Morgan fingerprint density at radius 1 is 1.53 bits per heavy atom. The summed E-state index contributed by atoms with van der Waals surface area (Å²) in [4.78, 5) is 15.4. The Balaban J connectivity index is 2.34. The molecule has 2 aromatic rings. The fourth-order valence-electron chi connectivity index (χ4n) is 1.23. The van der Waals surface area contributed by atoms with Crippen molar-refractivity contribution in [1.29, 1.82) is 0 Å². The SMILES string of the molecule is Cn1cnn(Cc2cccnc2Cl)c1=O. The lowest BCUT2D eigenvalue weighted by molar-refractivity contribution is 0.645. The number of halogens is 1. The van der Waals surface area contributed by atoms with Gasteiger partial charge in [0.05, 0.1) is 6.54 Å². The third kappa shape index (κ3) is 1.92. The quantitative estimate of drug-likeness (QED) is 0.705. The van der Waals surface area contributed by atoms with Crippen LogP contribution in [0.15, 0.2) is 29.5 Å². The molecule has 0 saturated carbocycles. The fourth-order valence-corrected chi connectivity index (χ4v) is 1.41. The summed E-state index contributed by atoms with van der Waals surface area (Å²) < 4.78 is 2.74. The summed E-state index contributed by atoms with van der Waals surface area (Å²) >= 11 is 5.87. The Morgan fingerprint density at radius 3 is 2.93 bits per heavy atom. The maximum Gasteiger partial charge on any atom is 0.345 e. The highest BCUT2D eigenvalue weighted by molar-refractivity contribution is 6.30. The molecule has 2 aromatic heterocycles. The van der Waals surface area contributed by atoms with Gasteiger partial charge in [0.15, 0.2) is 0 Å². The molecule has 0 amide bonds. The molecule has 0 aliphatic heterocycles. The third-order valence-corrected chi connectivity index (χ3v) is 2.38. The molecular weight excluding hydrogens is 216 g/mol. The van der Waals surface area contributed by atoms with Crippen LogP contribution in [-0.2, 0) is 13.6 Å². The van der Waals surface area contributed by atoms with Crippen LogP contribution >= 0.6 is 11.6 Å². The normalized spacial score (nSPS) is 10.5. The van der Waals surface area contributed by atoms with Gasteiger partial charge in [-0.3, -0.25) is 4.57 Å². The van der Waals surface area contributed by atoms with Crippen LogP contribution in [0.1, 0.15) is 5.56 Å². The Labute approximate surface area is 90.9 Å². The van der Waals surface area contributed by atoms with E-state index in [4.69, 9.17) is 11.6 Å². The first-order valence-electron chi connectivity index (χ1n) is 4.36. The van der Waals surface area contributed by atoms with Gasteiger partial charge in [0.1, 0.15) is 11.5 Å². The molecule has 2 rings (SSSR count). The minimum absolute atomic E-state index is 0.171. The maximum atomic E-state index is 11.5. The van der Waals surface area contributed by atoms with Crippen molar-refractivity contribution in [1.82, 2.24) is 19.3 Å². The second kappa shape index (κ2) is 3.86. The topological polar surface area (TPSA) is 52.7 Å². The van der Waals surface area contributed by atoms with Gasteiger partial charge in [0, 0.05) is 18.8 Å². The first-order valence-corrected chi connectivity index (χ1v) is 4.74. The van der Waals surface area contributed by atoms with Crippen LogP contribution in [-0.4, -0.2) is 19.3 Å². The standard InChI is InChI=1S/C9H9ClN4O/c1-13-6-12-14(9(13)15)5-7-3-2-4-11-8(7)10/h2-4,6H,5H2,1H3. The van der Waals surface area contributed by atoms with E-state index in [0.29, 0.717) is 11.7 Å². The molecule has 0 aromatic carbocycles. The molecule has 0 fully saturated rings. The molecule has 78 valence electrons. The number of hydrogen-bond donors (Lipinski definition) is 0. The highest BCUT2D eigenvalue weighted by Gasteiger charge is 2.05. The van der Waals surface area contributed by atoms with Crippen molar-refractivity contribution >= 4 is 11.6 Å². The summed E-state index contributed by atoms with van der Waals surface area (Å²) in [6.07, 6.45) is 3.07. The van der Waals surface area contributed by atoms with Gasteiger partial charge in [-0.15, -0.1) is 0 Å². The van der Waals surface area contributed by atoms with Crippen molar-refractivity contribution in [3.63, 3.8) is 0 Å². The number of nitrogens with zero attached hydrogens (tertiary/aromatic N) is 4. The predicted molar refractivity (Wildman–Crippen MR) is 55.8 cm³/mol. The first-order chi connectivity index (χ1) is 7.18. The molecule has 0 unspecified atom stereocenters. The molecule has 0 atom stereocenters. The molecular formula is C9H9ClN4O. The minimum Gasteiger partial charge on any atom is -0.285 e. The van der Waals surface area contributed by atoms with Gasteiger partial charge < -0.3 is 0 Å². The van der Waals surface area contributed by atoms with Gasteiger partial charge in [-0.25, -0.2) is 14.5 Å². The van der Waals surface area contributed by atoms with Gasteiger partial charge in [-0.2, -0.15) is 5.10 Å². The molecule has 0 saturated heterocycles. The highest BCUT2D eigenvalue weighted by Crippen LogP contribution is 2.11. The molecule has 0 bridgehead atoms. The summed E-state index contributed by atoms with van der Waals surface area (Å²) in [7, 11) is 1.65. The molecule has 5 nitrogen and oxygen atoms in total. The Hall–Kier alpha value is -1.62. The van der Waals surface area contributed by atoms with Crippen molar-refractivity contribution in [3.8, 4) is 0 Å². The zero-order valence-electron chi connectivity index (χ0n) is 8.09. The number of rotatable bonds is 2. The molecule has 0 radical (unpaired) electrons. The average molecular weight is 225 g/mol. The molecule has 0 aliphatic carbocycles. The van der Waals surface area contributed by atoms with Crippen LogP contribution in [0.25, 0.3) is 0 Å². The molecule has 0 N–H and O–H groups in total. The van der Waals surface area contributed by atoms with Crippen LogP contribution in [0.2, 0.25) is 5.15 Å². The van der Waals surface area contributed by atoms with Crippen LogP contribution in [0.4, 0.5) is 0 Å². The van der Waals surface area contributed by atoms with Crippen molar-refractivity contribution in [3.05, 3.63) is 45.9 Å². The Morgan fingerprint density at radius 2 is 2.33 bits per heavy atom. The molecule has 6 heteroatoms. The van der Waals surface area contributed by atoms with Gasteiger partial charge in [0.25, 0.3) is 0 Å². The lowest BCUT2D eigenvalue weighted by Gasteiger charge is -2.01. The van der Waals surface area contributed by atoms with Gasteiger partial charge in [-0.1, -0.05) is 17.7 Å². The largest absolute Gasteiger partial charge is 0.345 e. The van der Waals surface area contributed by atoms with Gasteiger partial charge in [0.2, 0.25) is 0 Å². The van der Waals surface area contributed by atoms with E-state index in [9.17, 15) is 4.79 Å². The van der Waals surface area contributed by atoms with Crippen LogP contribution < -0.4 is 5.69 Å². The molecule has 0 aliphatic rings. The van der Waals surface area contributed by atoms with Gasteiger partial charge in [-0.05, 0) is 6.07 Å². The number of aryl methyl sites for hydroxylation is 1. The molecule has 0 spiro atoms. The molecule has 2 heterocycles. The van der Waals surface area contributed by atoms with Crippen LogP contribution in [0, 0.1) is 0 Å². The zero-order valence-corrected chi connectivity index (χ0v) is 8.85. The van der Waals surface area contributed by atoms with E-state index in [1.165, 1.54) is 15.6 Å². The third-order valence-electron chi connectivity index (χ3n) is 2.04. The lowest BCUT2D eigenvalue weighted by Crippen LogP contribution is -2.23. The number of pyridine rings is 1. The summed E-state index contributed by atoms with van der Waals surface area (Å²) in [5.41, 5.74) is 0.606. The lowest BCUT2D eigenvalue weighted by atomic mass is 10.3. The zero-order chi connectivity index (χ0) is 10.8. The Kier molecular flexibility index (Phi) is 2.55. The summed E-state index contributed by atoms with van der Waals surface area (Å²) in [5.74, 6) is 0. The highest BCUT2D eigenvalue weighted by atomic mass is 35.5. The van der Waals surface area contributed by atoms with Crippen molar-refractivity contribution in [2.45, 2.75) is 6.54 Å². The molecule has 15 heavy (non-hydrogen) atoms. The average Bonchev–Trinajstić information content (AvgIpc) is 2.53. The van der Waals surface area contributed by atoms with E-state index in [2.05, 4.69) is 10.1 Å². The smallest absolute Gasteiger partial charge is 0.285 e. The van der Waals surface area contributed by atoms with Crippen LogP contribution in [0.5, 0.6) is 0 Å². The predicted octanol–water partition coefficient (Wildman–Crippen LogP) is 0.678. The maximum absolute atomic E-state index is 11.5. The second-order valence-corrected chi connectivity index (χ2v) is 3.49. The van der Waals surface area contributed by atoms with E-state index in [-0.39, 0.29) is 5.69 Å². The van der Waals surface area contributed by atoms with Crippen LogP contribution in [0.3, 0.4) is 0 Å². The van der Waals surface area contributed by atoms with Crippen molar-refractivity contribution < 1.29 is 0 Å². The second-order valence-electron chi connectivity index (χ2n) is 3.14. The van der Waals surface area contributed by atoms with Crippen molar-refractivity contribution in [2.75, 3.05) is 0 Å². The van der Waals surface area contributed by atoms with E-state index < -0.39 is 0 Å². The van der Waals surface area contributed by atoms with Crippen molar-refractivity contribution in [2.24, 2.45) is 7.05 Å². The minimum atomic E-state index is -0.171. The van der Waals surface area contributed by atoms with Gasteiger partial charge >= 0.3 is 5.69 Å². The summed E-state index contributed by atoms with van der Waals surface area (Å²) in [6.45, 7) is 0.340. The van der Waals surface area contributed by atoms with E-state index in [1.807, 2.05) is 6.07 Å². The Bertz CT molecular complexity index is 531. The van der Waals surface area contributed by atoms with E-state index in [1.54, 1.807) is 19.3 Å². The summed E-state index contributed by atoms with van der Waals surface area (Å²) in [6, 6.07) is 3.59. The monoisotopic (exact) mass is 224 g/mol. The fraction of sp³-hybridized carbons (Fsp3) is 0.222. The number of aromatic nitrogens is 4. The number of hydrogen-bond acceptors (Lipinski definition) is 3.